The van der Waals surface area contributed by atoms with Gasteiger partial charge in [-0.15, -0.1) is 0 Å². The van der Waals surface area contributed by atoms with E-state index in [4.69, 9.17) is 16.3 Å². The van der Waals surface area contributed by atoms with Gasteiger partial charge in [0.25, 0.3) is 5.56 Å². The fourth-order valence-corrected chi connectivity index (χ4v) is 6.74. The van der Waals surface area contributed by atoms with E-state index in [0.29, 0.717) is 18.4 Å². The Balaban J connectivity index is 0.00000216. The Hall–Kier alpha value is 0.723. The van der Waals surface area contributed by atoms with Crippen molar-refractivity contribution < 1.29 is 108 Å². The number of ether oxygens (including phenoxy) is 1. The summed E-state index contributed by atoms with van der Waals surface area (Å²) in [4.78, 5) is 39.4. The summed E-state index contributed by atoms with van der Waals surface area (Å²) in [5, 5.41) is 20.8. The van der Waals surface area contributed by atoms with E-state index in [1.54, 1.807) is 6.08 Å². The molecular weight excluding hydrogens is 902 g/mol. The van der Waals surface area contributed by atoms with Gasteiger partial charge in [-0.05, 0) is 55.4 Å². The minimum absolute atomic E-state index is 0. The van der Waals surface area contributed by atoms with Gasteiger partial charge in [0.2, 0.25) is 0 Å². The number of aromatic amines is 1. The smallest absolute Gasteiger partial charge is 0.336 e. The van der Waals surface area contributed by atoms with Crippen LogP contribution in [0.4, 0.5) is 0 Å². The van der Waals surface area contributed by atoms with Crippen LogP contribution >= 0.6 is 11.6 Å². The summed E-state index contributed by atoms with van der Waals surface area (Å²) < 4.78 is 6.43. The van der Waals surface area contributed by atoms with Crippen LogP contribution in [-0.2, 0) is 9.53 Å². The largest absolute Gasteiger partial charge is 0.458 e. The minimum Gasteiger partial charge on any atom is -0.458 e. The van der Waals surface area contributed by atoms with Crippen LogP contribution in [0.1, 0.15) is 52.0 Å². The first-order chi connectivity index (χ1) is 15.5. The number of H-pyrrole nitrogens is 1. The molecule has 4 rings (SSSR count). The van der Waals surface area contributed by atoms with E-state index in [2.05, 4.69) is 18.5 Å². The van der Waals surface area contributed by atoms with E-state index in [-0.39, 0.29) is 124 Å². The first-order valence-corrected chi connectivity index (χ1v) is 11.8. The fourth-order valence-electron chi connectivity index (χ4n) is 6.59. The molecule has 1 aliphatic heterocycles. The second kappa shape index (κ2) is 12.3. The number of hydrogen-bond acceptors (Lipinski definition) is 6. The Morgan fingerprint density at radius 2 is 1.97 bits per heavy atom. The molecule has 3 N–H and O–H groups in total. The van der Waals surface area contributed by atoms with E-state index in [0.717, 1.165) is 24.8 Å². The van der Waals surface area contributed by atoms with Crippen LogP contribution in [0.15, 0.2) is 39.6 Å². The van der Waals surface area contributed by atoms with Gasteiger partial charge in [0.05, 0.1) is 24.3 Å². The van der Waals surface area contributed by atoms with Crippen molar-refractivity contribution in [1.29, 1.82) is 0 Å². The Labute approximate surface area is 281 Å². The Morgan fingerprint density at radius 1 is 1.29 bits per heavy atom. The molecule has 3 aliphatic rings. The number of allylic oxidation sites excluding steroid dienone is 1. The van der Waals surface area contributed by atoms with Gasteiger partial charge < -0.3 is 14.9 Å². The van der Waals surface area contributed by atoms with E-state index in [1.165, 1.54) is 10.8 Å². The average molecular weight is 933 g/mol. The monoisotopic (exact) mass is 932 g/mol. The van der Waals surface area contributed by atoms with Crippen molar-refractivity contribution in [3.8, 4) is 0 Å². The summed E-state index contributed by atoms with van der Waals surface area (Å²) in [6, 6.07) is -0.702. The molecule has 0 saturated heterocycles. The van der Waals surface area contributed by atoms with Gasteiger partial charge in [0.15, 0.2) is 0 Å². The number of fused-ring (bicyclic) bond motifs is 1. The summed E-state index contributed by atoms with van der Waals surface area (Å²) >= 11 is 6.04. The molecule has 11 heteroatoms. The van der Waals surface area contributed by atoms with Crippen LogP contribution in [0.5, 0.6) is 0 Å². The van der Waals surface area contributed by atoms with Crippen molar-refractivity contribution in [1.82, 2.24) is 9.55 Å². The first kappa shape index (κ1) is 31.9. The molecule has 0 bridgehead atoms. The predicted molar refractivity (Wildman–Crippen MR) is 123 cm³/mol. The second-order valence-corrected chi connectivity index (χ2v) is 10.6. The Kier molecular flexibility index (Phi) is 11.2. The normalized spacial score (nSPS) is 33.1. The molecule has 3 unspecified atom stereocenters. The maximum Gasteiger partial charge on any atom is 0.336 e. The molecule has 8 nitrogen and oxygen atoms in total. The van der Waals surface area contributed by atoms with Gasteiger partial charge in [-0.3, -0.25) is 14.3 Å². The van der Waals surface area contributed by atoms with E-state index in [9.17, 15) is 24.6 Å². The van der Waals surface area contributed by atoms with E-state index in [1.807, 2.05) is 6.92 Å². The maximum absolute atomic E-state index is 12.8. The Bertz CT molecular complexity index is 1130. The first-order valence-electron chi connectivity index (χ1n) is 11.4. The zero-order chi connectivity index (χ0) is 24.1. The van der Waals surface area contributed by atoms with Crippen molar-refractivity contribution in [2.45, 2.75) is 58.1 Å². The van der Waals surface area contributed by atoms with Crippen molar-refractivity contribution in [2.75, 3.05) is 13.2 Å². The summed E-state index contributed by atoms with van der Waals surface area (Å²) in [7, 11) is 0. The molecule has 1 aromatic rings. The third-order valence-corrected chi connectivity index (χ3v) is 8.79. The number of cyclic esters (lactones) is 1. The molecule has 2 aliphatic carbocycles. The quantitative estimate of drug-likeness (QED) is 0.309. The number of nitrogens with zero attached hydrogens (tertiary/aromatic N) is 1. The summed E-state index contributed by atoms with van der Waals surface area (Å²) in [5.41, 5.74) is -0.926. The molecule has 0 spiro atoms. The molecule has 1 aromatic heterocycles. The number of nitrogens with one attached hydrogen (secondary N) is 1. The molecule has 2 heterocycles. The van der Waals surface area contributed by atoms with Crippen LogP contribution in [0, 0.1) is 111 Å². The SMILES string of the molecule is C=C1CCC2[C@](C)(CO)C(O)CC[C@]2(C)[C@H]1CC(C1=CCOC1=O)n1cc(Cl)c(=O)[nH]c1=O.[Ac].[Ac]. The van der Waals surface area contributed by atoms with Crippen LogP contribution in [0.25, 0.3) is 0 Å². The van der Waals surface area contributed by atoms with Gasteiger partial charge in [-0.25, -0.2) is 9.59 Å². The number of aliphatic hydroxyl groups is 2. The maximum atomic E-state index is 12.8. The molecule has 6 atom stereocenters. The van der Waals surface area contributed by atoms with Gasteiger partial charge >= 0.3 is 11.7 Å². The van der Waals surface area contributed by atoms with E-state index < -0.39 is 34.8 Å². The molecule has 186 valence electrons. The molecule has 2 saturated carbocycles. The second-order valence-electron chi connectivity index (χ2n) is 10.2. The average Bonchev–Trinajstić information content (AvgIpc) is 3.19. The number of aliphatic hydroxyl groups excluding tert-OH is 2. The van der Waals surface area contributed by atoms with Crippen molar-refractivity contribution in [2.24, 2.45) is 22.7 Å². The minimum atomic E-state index is -0.702. The Morgan fingerprint density at radius 3 is 2.57 bits per heavy atom. The number of aromatic nitrogens is 2. The van der Waals surface area contributed by atoms with Gasteiger partial charge in [-0.2, -0.15) is 0 Å². The van der Waals surface area contributed by atoms with Gasteiger partial charge in [0.1, 0.15) is 11.6 Å². The zero-order valence-corrected chi connectivity index (χ0v) is 30.4. The van der Waals surface area contributed by atoms with Crippen LogP contribution in [0.2, 0.25) is 5.02 Å². The number of hydrogen-bond donors (Lipinski definition) is 3. The number of halogens is 1. The predicted octanol–water partition coefficient (Wildman–Crippen LogP) is 2.35. The molecule has 0 amide bonds. The summed E-state index contributed by atoms with van der Waals surface area (Å²) in [5.74, 6) is -0.557. The van der Waals surface area contributed by atoms with Crippen LogP contribution in [-0.4, -0.2) is 45.1 Å². The van der Waals surface area contributed by atoms with E-state index >= 15 is 0 Å². The number of carbonyl (C=O) groups is 1. The van der Waals surface area contributed by atoms with Crippen LogP contribution in [0.3, 0.4) is 0 Å². The number of esters is 1. The van der Waals surface area contributed by atoms with Crippen LogP contribution < -0.4 is 11.2 Å². The van der Waals surface area contributed by atoms with Gasteiger partial charge in [0, 0.05) is 99.7 Å². The number of carbonyl (C=O) groups excluding carboxylic acids is 1. The van der Waals surface area contributed by atoms with Crippen molar-refractivity contribution in [3.05, 3.63) is 55.9 Å². The van der Waals surface area contributed by atoms with Gasteiger partial charge in [-0.1, -0.05) is 37.6 Å². The zero-order valence-electron chi connectivity index (χ0n) is 20.1. The van der Waals surface area contributed by atoms with Crippen molar-refractivity contribution in [3.63, 3.8) is 0 Å². The standard InChI is InChI=1S/C24H31ClN2O6.2Ac/c1-13-4-5-18-23(2,8-6-19(29)24(18,3)12-28)15(13)10-17(14-7-9-33-21(14)31)27-11-16(25)20(30)26-22(27)32;;/h7,11,15,17-19,28-29H,1,4-6,8-10,12H2,2-3H3,(H,26,30,32);;/t15-,17?,18?,19?,23+,24-;;/m0../s1. The molecule has 0 aromatic carbocycles. The molecule has 2 radical (unpaired) electrons. The third kappa shape index (κ3) is 5.71. The van der Waals surface area contributed by atoms with Crippen molar-refractivity contribution >= 4 is 17.6 Å². The fraction of sp³-hybridized carbons (Fsp3) is 0.625. The topological polar surface area (TPSA) is 122 Å². The molecular formula is C24H31Ac2ClN2O6. The molecule has 2 fully saturated rings. The number of rotatable bonds is 5. The third-order valence-electron chi connectivity index (χ3n) is 8.52. The molecule has 35 heavy (non-hydrogen) atoms. The summed E-state index contributed by atoms with van der Waals surface area (Å²) in [6.07, 6.45) is 5.53. The summed E-state index contributed by atoms with van der Waals surface area (Å²) in [6.45, 7) is 8.44.